The van der Waals surface area contributed by atoms with Crippen LogP contribution in [0.5, 0.6) is 11.5 Å². The van der Waals surface area contributed by atoms with E-state index in [0.717, 1.165) is 18.0 Å². The average Bonchev–Trinajstić information content (AvgIpc) is 2.84. The van der Waals surface area contributed by atoms with Crippen molar-refractivity contribution in [2.45, 2.75) is 44.7 Å². The second-order valence-corrected chi connectivity index (χ2v) is 5.56. The third-order valence-electron chi connectivity index (χ3n) is 4.06. The van der Waals surface area contributed by atoms with Gasteiger partial charge in [0.2, 0.25) is 0 Å². The molecule has 1 heterocycles. The number of fused-ring (bicyclic) bond motifs is 1. The lowest BCUT2D eigenvalue weighted by Crippen LogP contribution is -2.39. The van der Waals surface area contributed by atoms with Crippen LogP contribution in [0, 0.1) is 0 Å². The van der Waals surface area contributed by atoms with Crippen LogP contribution < -0.4 is 14.8 Å². The zero-order valence-corrected chi connectivity index (χ0v) is 11.0. The molecule has 0 radical (unpaired) electrons. The summed E-state index contributed by atoms with van der Waals surface area (Å²) in [6.07, 6.45) is 5.24. The van der Waals surface area contributed by atoms with E-state index in [2.05, 4.69) is 18.3 Å². The fourth-order valence-electron chi connectivity index (χ4n) is 2.91. The maximum Gasteiger partial charge on any atom is 0.165 e. The molecule has 1 fully saturated rings. The minimum atomic E-state index is 0.304. The number of para-hydroxylation sites is 1. The molecule has 2 aliphatic rings. The summed E-state index contributed by atoms with van der Waals surface area (Å²) in [7, 11) is 0. The molecule has 0 atom stereocenters. The van der Waals surface area contributed by atoms with E-state index in [1.165, 1.54) is 31.2 Å². The molecule has 1 saturated carbocycles. The number of hydrogen-bond acceptors (Lipinski definition) is 3. The van der Waals surface area contributed by atoms with E-state index in [4.69, 9.17) is 9.47 Å². The quantitative estimate of drug-likeness (QED) is 0.891. The summed E-state index contributed by atoms with van der Waals surface area (Å²) in [5, 5.41) is 3.69. The lowest BCUT2D eigenvalue weighted by Gasteiger charge is -2.27. The van der Waals surface area contributed by atoms with E-state index in [0.29, 0.717) is 18.8 Å². The fourth-order valence-corrected chi connectivity index (χ4v) is 2.91. The van der Waals surface area contributed by atoms with Gasteiger partial charge in [-0.2, -0.15) is 0 Å². The molecule has 0 aromatic heterocycles. The van der Waals surface area contributed by atoms with Gasteiger partial charge >= 0.3 is 0 Å². The summed E-state index contributed by atoms with van der Waals surface area (Å²) in [5.74, 6) is 1.81. The van der Waals surface area contributed by atoms with Crippen LogP contribution in [0.15, 0.2) is 18.2 Å². The van der Waals surface area contributed by atoms with Gasteiger partial charge in [-0.25, -0.2) is 0 Å². The highest BCUT2D eigenvalue weighted by atomic mass is 16.6. The molecule has 18 heavy (non-hydrogen) atoms. The van der Waals surface area contributed by atoms with Crippen molar-refractivity contribution < 1.29 is 9.47 Å². The maximum absolute atomic E-state index is 5.74. The van der Waals surface area contributed by atoms with Gasteiger partial charge in [0.05, 0.1) is 0 Å². The molecule has 1 N–H and O–H groups in total. The zero-order valence-electron chi connectivity index (χ0n) is 11.0. The third kappa shape index (κ3) is 2.32. The Morgan fingerprint density at radius 2 is 1.94 bits per heavy atom. The molecule has 3 rings (SSSR count). The fraction of sp³-hybridized carbons (Fsp3) is 0.600. The summed E-state index contributed by atoms with van der Waals surface area (Å²) in [4.78, 5) is 0. The minimum absolute atomic E-state index is 0.304. The second-order valence-electron chi connectivity index (χ2n) is 5.56. The van der Waals surface area contributed by atoms with Gasteiger partial charge in [0.15, 0.2) is 11.5 Å². The van der Waals surface area contributed by atoms with Crippen molar-refractivity contribution in [1.82, 2.24) is 5.32 Å². The molecule has 0 bridgehead atoms. The summed E-state index contributed by atoms with van der Waals surface area (Å²) in [6.45, 7) is 4.50. The lowest BCUT2D eigenvalue weighted by atomic mass is 10.00. The molecular formula is C15H21NO2. The number of benzene rings is 1. The van der Waals surface area contributed by atoms with E-state index < -0.39 is 0 Å². The molecule has 1 aromatic rings. The first kappa shape index (κ1) is 11.8. The zero-order chi connectivity index (χ0) is 12.4. The molecule has 0 saturated heterocycles. The van der Waals surface area contributed by atoms with Crippen LogP contribution in [0.25, 0.3) is 0 Å². The van der Waals surface area contributed by atoms with Crippen LogP contribution in [0.3, 0.4) is 0 Å². The predicted octanol–water partition coefficient (Wildman–Crippen LogP) is 2.88. The van der Waals surface area contributed by atoms with Crippen LogP contribution in [0.1, 0.15) is 38.2 Å². The van der Waals surface area contributed by atoms with E-state index in [9.17, 15) is 0 Å². The van der Waals surface area contributed by atoms with Crippen LogP contribution in [0.2, 0.25) is 0 Å². The normalized spacial score (nSPS) is 20.9. The number of hydrogen-bond donors (Lipinski definition) is 1. The van der Waals surface area contributed by atoms with Gasteiger partial charge in [0, 0.05) is 17.6 Å². The van der Waals surface area contributed by atoms with Gasteiger partial charge < -0.3 is 14.8 Å². The van der Waals surface area contributed by atoms with Gasteiger partial charge in [-0.3, -0.25) is 0 Å². The van der Waals surface area contributed by atoms with Crippen LogP contribution >= 0.6 is 0 Å². The molecule has 3 heteroatoms. The summed E-state index contributed by atoms with van der Waals surface area (Å²) >= 11 is 0. The second kappa shape index (κ2) is 4.81. The Morgan fingerprint density at radius 1 is 1.17 bits per heavy atom. The summed E-state index contributed by atoms with van der Waals surface area (Å²) in [5.41, 5.74) is 1.51. The first-order valence-corrected chi connectivity index (χ1v) is 6.89. The van der Waals surface area contributed by atoms with Crippen molar-refractivity contribution in [1.29, 1.82) is 0 Å². The smallest absolute Gasteiger partial charge is 0.165 e. The highest BCUT2D eigenvalue weighted by Gasteiger charge is 2.28. The van der Waals surface area contributed by atoms with Crippen molar-refractivity contribution in [2.24, 2.45) is 0 Å². The Hall–Kier alpha value is -1.22. The molecule has 0 amide bonds. The highest BCUT2D eigenvalue weighted by Crippen LogP contribution is 2.35. The van der Waals surface area contributed by atoms with Gasteiger partial charge in [-0.05, 0) is 25.8 Å². The molecule has 1 aromatic carbocycles. The standard InChI is InChI=1S/C15H21NO2/c1-15(7-2-3-8-15)16-11-12-5-4-6-13-14(12)18-10-9-17-13/h4-6,16H,2-3,7-11H2,1H3. The summed E-state index contributed by atoms with van der Waals surface area (Å²) in [6, 6.07) is 6.15. The molecule has 0 spiro atoms. The Balaban J connectivity index is 1.72. The Morgan fingerprint density at radius 3 is 2.78 bits per heavy atom. The number of rotatable bonds is 3. The Labute approximate surface area is 108 Å². The van der Waals surface area contributed by atoms with E-state index in [1.807, 2.05) is 12.1 Å². The highest BCUT2D eigenvalue weighted by molar-refractivity contribution is 5.47. The molecular weight excluding hydrogens is 226 g/mol. The SMILES string of the molecule is CC1(NCc2cccc3c2OCCO3)CCCC1. The largest absolute Gasteiger partial charge is 0.486 e. The topological polar surface area (TPSA) is 30.5 Å². The van der Waals surface area contributed by atoms with Crippen molar-refractivity contribution >= 4 is 0 Å². The van der Waals surface area contributed by atoms with Crippen LogP contribution in [-0.2, 0) is 6.54 Å². The lowest BCUT2D eigenvalue weighted by molar-refractivity contribution is 0.169. The molecule has 3 nitrogen and oxygen atoms in total. The Bertz CT molecular complexity index is 425. The third-order valence-corrected chi connectivity index (χ3v) is 4.06. The molecule has 1 aliphatic carbocycles. The van der Waals surface area contributed by atoms with E-state index >= 15 is 0 Å². The van der Waals surface area contributed by atoms with Crippen molar-refractivity contribution in [3.05, 3.63) is 23.8 Å². The molecule has 1 aliphatic heterocycles. The van der Waals surface area contributed by atoms with E-state index in [1.54, 1.807) is 0 Å². The van der Waals surface area contributed by atoms with E-state index in [-0.39, 0.29) is 0 Å². The van der Waals surface area contributed by atoms with Crippen LogP contribution in [-0.4, -0.2) is 18.8 Å². The summed E-state index contributed by atoms with van der Waals surface area (Å²) < 4.78 is 11.3. The van der Waals surface area contributed by atoms with Gasteiger partial charge in [-0.1, -0.05) is 25.0 Å². The number of nitrogens with one attached hydrogen (secondary N) is 1. The first-order chi connectivity index (χ1) is 8.77. The maximum atomic E-state index is 5.74. The minimum Gasteiger partial charge on any atom is -0.486 e. The van der Waals surface area contributed by atoms with Crippen molar-refractivity contribution in [3.8, 4) is 11.5 Å². The average molecular weight is 247 g/mol. The number of ether oxygens (including phenoxy) is 2. The Kier molecular flexibility index (Phi) is 3.16. The molecule has 0 unspecified atom stereocenters. The van der Waals surface area contributed by atoms with Crippen molar-refractivity contribution in [2.75, 3.05) is 13.2 Å². The van der Waals surface area contributed by atoms with Crippen molar-refractivity contribution in [3.63, 3.8) is 0 Å². The van der Waals surface area contributed by atoms with Gasteiger partial charge in [0.25, 0.3) is 0 Å². The predicted molar refractivity (Wildman–Crippen MR) is 71.1 cm³/mol. The monoisotopic (exact) mass is 247 g/mol. The van der Waals surface area contributed by atoms with Gasteiger partial charge in [-0.15, -0.1) is 0 Å². The molecule has 98 valence electrons. The van der Waals surface area contributed by atoms with Gasteiger partial charge in [0.1, 0.15) is 13.2 Å². The van der Waals surface area contributed by atoms with Crippen LogP contribution in [0.4, 0.5) is 0 Å². The first-order valence-electron chi connectivity index (χ1n) is 6.89.